The summed E-state index contributed by atoms with van der Waals surface area (Å²) >= 11 is 0. The highest BCUT2D eigenvalue weighted by atomic mass is 16.5. The Labute approximate surface area is 132 Å². The Kier molecular flexibility index (Phi) is 3.89. The molecule has 1 aromatic carbocycles. The first-order valence-electron chi connectivity index (χ1n) is 8.48. The van der Waals surface area contributed by atoms with Crippen LogP contribution in [-0.4, -0.2) is 50.2 Å². The molecule has 0 saturated carbocycles. The van der Waals surface area contributed by atoms with Gasteiger partial charge in [0.1, 0.15) is 0 Å². The van der Waals surface area contributed by atoms with Crippen LogP contribution in [0.25, 0.3) is 0 Å². The van der Waals surface area contributed by atoms with Gasteiger partial charge in [-0.1, -0.05) is 18.2 Å². The first kappa shape index (κ1) is 14.2. The second-order valence-electron chi connectivity index (χ2n) is 6.93. The monoisotopic (exact) mass is 300 g/mol. The second-order valence-corrected chi connectivity index (χ2v) is 6.93. The van der Waals surface area contributed by atoms with E-state index in [1.54, 1.807) is 0 Å². The van der Waals surface area contributed by atoms with Crippen LogP contribution in [0.2, 0.25) is 0 Å². The minimum atomic E-state index is 0.208. The molecule has 1 aromatic rings. The van der Waals surface area contributed by atoms with Crippen molar-refractivity contribution in [3.05, 3.63) is 30.3 Å². The number of amides is 1. The molecule has 22 heavy (non-hydrogen) atoms. The highest BCUT2D eigenvalue weighted by Crippen LogP contribution is 2.35. The first-order chi connectivity index (χ1) is 10.8. The molecule has 0 spiro atoms. The minimum absolute atomic E-state index is 0.208. The number of likely N-dealkylation sites (tertiary alicyclic amines) is 1. The zero-order valence-electron chi connectivity index (χ0n) is 13.0. The fourth-order valence-corrected chi connectivity index (χ4v) is 4.23. The lowest BCUT2D eigenvalue weighted by atomic mass is 10.00. The van der Waals surface area contributed by atoms with Gasteiger partial charge in [0.15, 0.2) is 0 Å². The zero-order chi connectivity index (χ0) is 14.9. The van der Waals surface area contributed by atoms with E-state index in [2.05, 4.69) is 4.90 Å². The van der Waals surface area contributed by atoms with Gasteiger partial charge in [0.2, 0.25) is 5.91 Å². The predicted molar refractivity (Wildman–Crippen MR) is 85.8 cm³/mol. The van der Waals surface area contributed by atoms with Crippen LogP contribution in [0.3, 0.4) is 0 Å². The van der Waals surface area contributed by atoms with Gasteiger partial charge in [0.25, 0.3) is 0 Å². The Morgan fingerprint density at radius 1 is 1.05 bits per heavy atom. The molecule has 4 heteroatoms. The van der Waals surface area contributed by atoms with E-state index in [0.717, 1.165) is 51.0 Å². The molecule has 2 unspecified atom stereocenters. The fourth-order valence-electron chi connectivity index (χ4n) is 4.23. The van der Waals surface area contributed by atoms with Crippen LogP contribution in [0, 0.1) is 17.8 Å². The molecule has 2 atom stereocenters. The van der Waals surface area contributed by atoms with Gasteiger partial charge in [-0.25, -0.2) is 0 Å². The third-order valence-corrected chi connectivity index (χ3v) is 5.44. The van der Waals surface area contributed by atoms with Crippen molar-refractivity contribution in [1.29, 1.82) is 0 Å². The zero-order valence-corrected chi connectivity index (χ0v) is 13.0. The number of hydrogen-bond acceptors (Lipinski definition) is 3. The molecule has 0 bridgehead atoms. The maximum atomic E-state index is 12.7. The number of para-hydroxylation sites is 1. The molecular weight excluding hydrogens is 276 g/mol. The van der Waals surface area contributed by atoms with E-state index >= 15 is 0 Å². The van der Waals surface area contributed by atoms with Crippen molar-refractivity contribution < 1.29 is 9.53 Å². The first-order valence-corrected chi connectivity index (χ1v) is 8.48. The standard InChI is InChI=1S/C18H24N2O2/c21-18-17-13-19(10-14-6-8-22-9-7-14)11-15(17)12-20(18)16-4-2-1-3-5-16/h1-5,14-15,17H,6-13H2. The topological polar surface area (TPSA) is 32.8 Å². The molecule has 3 aliphatic rings. The lowest BCUT2D eigenvalue weighted by Gasteiger charge is -2.28. The van der Waals surface area contributed by atoms with Crippen LogP contribution in [0.1, 0.15) is 12.8 Å². The predicted octanol–water partition coefficient (Wildman–Crippen LogP) is 2.01. The Hall–Kier alpha value is -1.39. The summed E-state index contributed by atoms with van der Waals surface area (Å²) in [7, 11) is 0. The van der Waals surface area contributed by atoms with Crippen molar-refractivity contribution in [2.45, 2.75) is 12.8 Å². The largest absolute Gasteiger partial charge is 0.381 e. The van der Waals surface area contributed by atoms with Gasteiger partial charge in [-0.05, 0) is 30.9 Å². The normalized spacial score (nSPS) is 30.0. The Bertz CT molecular complexity index is 527. The SMILES string of the molecule is O=C1C2CN(CC3CCOCC3)CC2CN1c1ccccc1. The van der Waals surface area contributed by atoms with Crippen LogP contribution in [0.4, 0.5) is 5.69 Å². The molecule has 0 N–H and O–H groups in total. The summed E-state index contributed by atoms with van der Waals surface area (Å²) in [6.45, 7) is 5.88. The van der Waals surface area contributed by atoms with Crippen molar-refractivity contribution in [3.63, 3.8) is 0 Å². The summed E-state index contributed by atoms with van der Waals surface area (Å²) in [5.41, 5.74) is 1.05. The van der Waals surface area contributed by atoms with E-state index in [1.165, 1.54) is 12.8 Å². The van der Waals surface area contributed by atoms with Gasteiger partial charge in [0.05, 0.1) is 5.92 Å². The van der Waals surface area contributed by atoms with Gasteiger partial charge in [-0.15, -0.1) is 0 Å². The third-order valence-electron chi connectivity index (χ3n) is 5.44. The van der Waals surface area contributed by atoms with Crippen molar-refractivity contribution in [2.75, 3.05) is 44.3 Å². The Balaban J connectivity index is 1.37. The summed E-state index contributed by atoms with van der Waals surface area (Å²) in [6, 6.07) is 10.1. The van der Waals surface area contributed by atoms with Crippen molar-refractivity contribution in [1.82, 2.24) is 4.90 Å². The fraction of sp³-hybridized carbons (Fsp3) is 0.611. The maximum absolute atomic E-state index is 12.7. The number of carbonyl (C=O) groups is 1. The summed E-state index contributed by atoms with van der Waals surface area (Å²) in [4.78, 5) is 17.2. The average molecular weight is 300 g/mol. The summed E-state index contributed by atoms with van der Waals surface area (Å²) < 4.78 is 5.44. The molecule has 0 aliphatic carbocycles. The molecule has 4 nitrogen and oxygen atoms in total. The van der Waals surface area contributed by atoms with Gasteiger partial charge in [-0.2, -0.15) is 0 Å². The van der Waals surface area contributed by atoms with E-state index in [-0.39, 0.29) is 5.92 Å². The summed E-state index contributed by atoms with van der Waals surface area (Å²) in [5.74, 6) is 1.80. The number of carbonyl (C=O) groups excluding carboxylic acids is 1. The molecule has 118 valence electrons. The molecule has 3 saturated heterocycles. The van der Waals surface area contributed by atoms with Crippen molar-refractivity contribution in [3.8, 4) is 0 Å². The smallest absolute Gasteiger partial charge is 0.231 e. The molecule has 4 rings (SSSR count). The van der Waals surface area contributed by atoms with E-state index in [1.807, 2.05) is 35.2 Å². The average Bonchev–Trinajstić information content (AvgIpc) is 3.08. The number of fused-ring (bicyclic) bond motifs is 1. The second kappa shape index (κ2) is 6.01. The van der Waals surface area contributed by atoms with Gasteiger partial charge >= 0.3 is 0 Å². The highest BCUT2D eigenvalue weighted by Gasteiger charge is 2.46. The summed E-state index contributed by atoms with van der Waals surface area (Å²) in [6.07, 6.45) is 2.35. The van der Waals surface area contributed by atoms with Gasteiger partial charge in [-0.3, -0.25) is 4.79 Å². The van der Waals surface area contributed by atoms with Gasteiger partial charge < -0.3 is 14.5 Å². The quantitative estimate of drug-likeness (QED) is 0.856. The van der Waals surface area contributed by atoms with Crippen LogP contribution in [-0.2, 0) is 9.53 Å². The van der Waals surface area contributed by atoms with E-state index in [0.29, 0.717) is 11.8 Å². The molecule has 3 aliphatic heterocycles. The van der Waals surface area contributed by atoms with Crippen molar-refractivity contribution >= 4 is 11.6 Å². The van der Waals surface area contributed by atoms with Crippen LogP contribution < -0.4 is 4.90 Å². The molecule has 1 amide bonds. The molecule has 3 fully saturated rings. The number of benzene rings is 1. The van der Waals surface area contributed by atoms with Crippen LogP contribution >= 0.6 is 0 Å². The lowest BCUT2D eigenvalue weighted by molar-refractivity contribution is -0.120. The number of hydrogen-bond donors (Lipinski definition) is 0. The number of anilines is 1. The molecular formula is C18H24N2O2. The van der Waals surface area contributed by atoms with E-state index in [4.69, 9.17) is 4.74 Å². The Morgan fingerprint density at radius 3 is 2.55 bits per heavy atom. The third kappa shape index (κ3) is 2.66. The van der Waals surface area contributed by atoms with E-state index in [9.17, 15) is 4.79 Å². The van der Waals surface area contributed by atoms with Gasteiger partial charge in [0, 0.05) is 51.0 Å². The van der Waals surface area contributed by atoms with E-state index < -0.39 is 0 Å². The summed E-state index contributed by atoms with van der Waals surface area (Å²) in [5, 5.41) is 0. The van der Waals surface area contributed by atoms with Crippen LogP contribution in [0.15, 0.2) is 30.3 Å². The number of rotatable bonds is 3. The lowest BCUT2D eigenvalue weighted by Crippen LogP contribution is -2.36. The highest BCUT2D eigenvalue weighted by molar-refractivity contribution is 5.98. The maximum Gasteiger partial charge on any atom is 0.231 e. The Morgan fingerprint density at radius 2 is 1.82 bits per heavy atom. The number of nitrogens with zero attached hydrogens (tertiary/aromatic N) is 2. The molecule has 0 aromatic heterocycles. The molecule has 3 heterocycles. The van der Waals surface area contributed by atoms with Crippen LogP contribution in [0.5, 0.6) is 0 Å². The molecule has 0 radical (unpaired) electrons. The van der Waals surface area contributed by atoms with Crippen molar-refractivity contribution in [2.24, 2.45) is 17.8 Å². The number of ether oxygens (including phenoxy) is 1. The minimum Gasteiger partial charge on any atom is -0.381 e.